The molecule has 330 valence electrons. The highest BCUT2D eigenvalue weighted by molar-refractivity contribution is 6.22. The third-order valence-electron chi connectivity index (χ3n) is 13.5. The number of carbonyl (C=O) groups is 4. The van der Waals surface area contributed by atoms with E-state index >= 15 is 9.59 Å². The Bertz CT molecular complexity index is 2760. The molecule has 3 fully saturated rings. The van der Waals surface area contributed by atoms with Crippen molar-refractivity contribution < 1.29 is 43.2 Å². The molecule has 2 aliphatic carbocycles. The van der Waals surface area contributed by atoms with Gasteiger partial charge in [-0.25, -0.2) is 0 Å². The summed E-state index contributed by atoms with van der Waals surface area (Å²) in [4.78, 5) is 61.1. The van der Waals surface area contributed by atoms with Gasteiger partial charge in [0.15, 0.2) is 11.5 Å². The maximum absolute atomic E-state index is 15.4. The van der Waals surface area contributed by atoms with Crippen LogP contribution in [0.4, 0.5) is 11.4 Å². The summed E-state index contributed by atoms with van der Waals surface area (Å²) in [6, 6.07) is 32.9. The number of imide groups is 2. The Labute approximate surface area is 377 Å². The summed E-state index contributed by atoms with van der Waals surface area (Å²) >= 11 is 0. The Morgan fingerprint density at radius 3 is 2.05 bits per heavy atom. The van der Waals surface area contributed by atoms with Crippen LogP contribution in [0.15, 0.2) is 127 Å². The van der Waals surface area contributed by atoms with Crippen molar-refractivity contribution in [1.29, 1.82) is 0 Å². The summed E-state index contributed by atoms with van der Waals surface area (Å²) in [5.74, 6) is -3.53. The van der Waals surface area contributed by atoms with Gasteiger partial charge in [0.2, 0.25) is 17.6 Å². The molecule has 6 atom stereocenters. The zero-order valence-corrected chi connectivity index (χ0v) is 36.7. The number of methoxy groups -OCH3 is 4. The minimum Gasteiger partial charge on any atom is -0.502 e. The number of rotatable bonds is 12. The van der Waals surface area contributed by atoms with Crippen LogP contribution in [0, 0.1) is 36.5 Å². The van der Waals surface area contributed by atoms with E-state index in [0.29, 0.717) is 34.0 Å². The quantitative estimate of drug-likeness (QED) is 0.0711. The number of hydrogen-bond acceptors (Lipinski definition) is 10. The molecule has 65 heavy (non-hydrogen) atoms. The molecule has 0 bridgehead atoms. The first kappa shape index (κ1) is 42.7. The average molecular weight is 872 g/mol. The molecule has 2 N–H and O–H groups in total. The molecular formula is C53H49N3O9. The fraction of sp³-hybridized carbons (Fsp3) is 0.245. The maximum Gasteiger partial charge on any atom is 0.260 e. The maximum atomic E-state index is 15.4. The average Bonchev–Trinajstić information content (AvgIpc) is 3.72. The van der Waals surface area contributed by atoms with Crippen molar-refractivity contribution in [3.8, 4) is 28.7 Å². The lowest BCUT2D eigenvalue weighted by Gasteiger charge is -2.49. The topological polar surface area (TPSA) is 144 Å². The molecule has 6 unspecified atom stereocenters. The first-order valence-corrected chi connectivity index (χ1v) is 21.5. The van der Waals surface area contributed by atoms with E-state index in [2.05, 4.69) is 5.43 Å². The number of hydrazine groups is 1. The van der Waals surface area contributed by atoms with E-state index in [1.165, 1.54) is 19.1 Å². The molecule has 5 aromatic carbocycles. The van der Waals surface area contributed by atoms with Crippen molar-refractivity contribution in [2.24, 2.45) is 29.6 Å². The van der Waals surface area contributed by atoms with Gasteiger partial charge in [0, 0.05) is 11.5 Å². The number of allylic oxidation sites excluding steroid dienone is 3. The zero-order chi connectivity index (χ0) is 45.6. The van der Waals surface area contributed by atoms with Crippen molar-refractivity contribution >= 4 is 53.2 Å². The van der Waals surface area contributed by atoms with Crippen LogP contribution in [0.3, 0.4) is 0 Å². The van der Waals surface area contributed by atoms with E-state index < -0.39 is 46.8 Å². The number of fused-ring (bicyclic) bond motifs is 4. The molecule has 4 amide bonds. The molecule has 5 aromatic rings. The van der Waals surface area contributed by atoms with Crippen molar-refractivity contribution in [1.82, 2.24) is 5.01 Å². The summed E-state index contributed by atoms with van der Waals surface area (Å²) in [6.07, 6.45) is 10.0. The highest BCUT2D eigenvalue weighted by atomic mass is 16.5. The zero-order valence-electron chi connectivity index (χ0n) is 36.7. The predicted octanol–water partition coefficient (Wildman–Crippen LogP) is 8.64. The van der Waals surface area contributed by atoms with E-state index in [-0.39, 0.29) is 41.9 Å². The molecule has 12 heteroatoms. The third-order valence-corrected chi connectivity index (χ3v) is 13.5. The van der Waals surface area contributed by atoms with Crippen LogP contribution >= 0.6 is 0 Å². The second-order valence-electron chi connectivity index (χ2n) is 16.8. The van der Waals surface area contributed by atoms with Crippen LogP contribution in [0.1, 0.15) is 40.7 Å². The SMILES string of the molecule is COc1ccc(OC)c(C=Cc2ccc(N3C(=O)C4CC=C5C(CC6C(=O)N(Nc7ccc(C)cc7)C(=O)C6(c6ccccc6)C5C=Cc5cc(OC)c(O)c(OC)c5)C4C3=O)cc2)c1. The standard InChI is InChI=1S/C53H49N3O9/c1-31-11-18-36(19-12-31)54-56-50(59)43-30-41-39(42(53(43,52(56)61)35-9-7-6-8-10-35)25-16-33-27-45(64-4)48(57)46(28-33)65-5)23-24-40-47(41)51(60)55(49(40)58)37-20-14-32(15-21-37)13-17-34-29-38(62-2)22-26-44(34)63-3/h6-23,25-29,40-43,47,54,57H,24,30H2,1-5H3. The van der Waals surface area contributed by atoms with E-state index in [0.717, 1.165) is 27.3 Å². The molecule has 9 rings (SSSR count). The normalized spacial score (nSPS) is 23.6. The van der Waals surface area contributed by atoms with E-state index in [4.69, 9.17) is 18.9 Å². The molecule has 0 spiro atoms. The van der Waals surface area contributed by atoms with Crippen LogP contribution in [-0.4, -0.2) is 62.2 Å². The van der Waals surface area contributed by atoms with Crippen LogP contribution in [0.5, 0.6) is 28.7 Å². The first-order chi connectivity index (χ1) is 31.5. The Kier molecular flexibility index (Phi) is 11.3. The van der Waals surface area contributed by atoms with Gasteiger partial charge in [0.05, 0.1) is 63.0 Å². The first-order valence-electron chi connectivity index (χ1n) is 21.5. The number of ether oxygens (including phenoxy) is 4. The van der Waals surface area contributed by atoms with E-state index in [9.17, 15) is 14.7 Å². The van der Waals surface area contributed by atoms with Gasteiger partial charge in [0.1, 0.15) is 11.5 Å². The summed E-state index contributed by atoms with van der Waals surface area (Å²) < 4.78 is 21.9. The number of carbonyl (C=O) groups excluding carboxylic acids is 4. The summed E-state index contributed by atoms with van der Waals surface area (Å²) in [6.45, 7) is 1.96. The number of aryl methyl sites for hydroxylation is 1. The molecule has 2 saturated heterocycles. The Balaban J connectivity index is 1.11. The number of amides is 4. The fourth-order valence-corrected chi connectivity index (χ4v) is 10.4. The molecule has 2 heterocycles. The Morgan fingerprint density at radius 1 is 0.692 bits per heavy atom. The third kappa shape index (κ3) is 7.19. The number of nitrogens with one attached hydrogen (secondary N) is 1. The van der Waals surface area contributed by atoms with Gasteiger partial charge in [-0.15, -0.1) is 0 Å². The van der Waals surface area contributed by atoms with Crippen LogP contribution in [0.2, 0.25) is 0 Å². The second-order valence-corrected chi connectivity index (χ2v) is 16.8. The number of phenols is 1. The number of benzene rings is 5. The summed E-state index contributed by atoms with van der Waals surface area (Å²) in [5, 5.41) is 11.9. The van der Waals surface area contributed by atoms with Gasteiger partial charge < -0.3 is 24.1 Å². The van der Waals surface area contributed by atoms with Gasteiger partial charge in [-0.2, -0.15) is 5.01 Å². The molecule has 4 aliphatic rings. The Morgan fingerprint density at radius 2 is 1.38 bits per heavy atom. The van der Waals surface area contributed by atoms with Crippen molar-refractivity contribution in [3.63, 3.8) is 0 Å². The lowest BCUT2D eigenvalue weighted by atomic mass is 9.50. The van der Waals surface area contributed by atoms with Crippen molar-refractivity contribution in [2.75, 3.05) is 38.8 Å². The lowest BCUT2D eigenvalue weighted by molar-refractivity contribution is -0.139. The fourth-order valence-electron chi connectivity index (χ4n) is 10.4. The van der Waals surface area contributed by atoms with Crippen LogP contribution < -0.4 is 29.3 Å². The summed E-state index contributed by atoms with van der Waals surface area (Å²) in [5.41, 5.74) is 7.49. The number of anilines is 2. The number of aromatic hydroxyl groups is 1. The van der Waals surface area contributed by atoms with E-state index in [1.807, 2.05) is 122 Å². The summed E-state index contributed by atoms with van der Waals surface area (Å²) in [7, 11) is 6.10. The Hall–Kier alpha value is -7.60. The monoisotopic (exact) mass is 871 g/mol. The molecular weight excluding hydrogens is 823 g/mol. The molecule has 12 nitrogen and oxygen atoms in total. The van der Waals surface area contributed by atoms with Gasteiger partial charge in [-0.3, -0.25) is 29.5 Å². The van der Waals surface area contributed by atoms with Crippen LogP contribution in [0.25, 0.3) is 18.2 Å². The highest BCUT2D eigenvalue weighted by Gasteiger charge is 2.69. The minimum absolute atomic E-state index is 0.157. The number of nitrogens with zero attached hydrogens (tertiary/aromatic N) is 2. The minimum atomic E-state index is -1.43. The molecule has 2 aliphatic heterocycles. The van der Waals surface area contributed by atoms with Gasteiger partial charge >= 0.3 is 0 Å². The lowest BCUT2D eigenvalue weighted by Crippen LogP contribution is -2.54. The van der Waals surface area contributed by atoms with Crippen molar-refractivity contribution in [3.05, 3.63) is 155 Å². The smallest absolute Gasteiger partial charge is 0.260 e. The predicted molar refractivity (Wildman–Crippen MR) is 247 cm³/mol. The van der Waals surface area contributed by atoms with E-state index in [1.54, 1.807) is 38.5 Å². The second kappa shape index (κ2) is 17.2. The largest absolute Gasteiger partial charge is 0.502 e. The van der Waals surface area contributed by atoms with Crippen molar-refractivity contribution in [2.45, 2.75) is 25.2 Å². The van der Waals surface area contributed by atoms with Gasteiger partial charge in [-0.1, -0.05) is 96.1 Å². The number of phenolic OH excluding ortho intramolecular Hbond substituents is 1. The van der Waals surface area contributed by atoms with Gasteiger partial charge in [-0.05, 0) is 97.0 Å². The molecule has 0 aromatic heterocycles. The molecule has 1 saturated carbocycles. The van der Waals surface area contributed by atoms with Gasteiger partial charge in [0.25, 0.3) is 11.8 Å². The number of hydrogen-bond donors (Lipinski definition) is 2. The molecule has 0 radical (unpaired) electrons. The highest BCUT2D eigenvalue weighted by Crippen LogP contribution is 2.61. The van der Waals surface area contributed by atoms with Crippen LogP contribution in [-0.2, 0) is 24.6 Å².